The van der Waals surface area contributed by atoms with Gasteiger partial charge >= 0.3 is 0 Å². The summed E-state index contributed by atoms with van der Waals surface area (Å²) >= 11 is 0. The van der Waals surface area contributed by atoms with Gasteiger partial charge in [-0.1, -0.05) is 13.3 Å². The van der Waals surface area contributed by atoms with Crippen LogP contribution in [0, 0.1) is 22.7 Å². The molecule has 0 saturated carbocycles. The number of likely N-dealkylation sites (tertiary alicyclic amines) is 1. The highest BCUT2D eigenvalue weighted by molar-refractivity contribution is 4.91. The molecule has 0 aromatic carbocycles. The zero-order chi connectivity index (χ0) is 12.0. The lowest BCUT2D eigenvalue weighted by Gasteiger charge is -2.30. The van der Waals surface area contributed by atoms with Crippen LogP contribution in [0.15, 0.2) is 0 Å². The van der Waals surface area contributed by atoms with Gasteiger partial charge in [0.1, 0.15) is 0 Å². The molecule has 0 aromatic heterocycles. The lowest BCUT2D eigenvalue weighted by Crippen LogP contribution is -2.33. The predicted octanol–water partition coefficient (Wildman–Crippen LogP) is 3.44. The largest absolute Gasteiger partial charge is 0.303 e. The molecule has 1 rings (SSSR count). The summed E-state index contributed by atoms with van der Waals surface area (Å²) in [5.74, 6) is 0.925. The van der Waals surface area contributed by atoms with Crippen LogP contribution in [0.1, 0.15) is 52.9 Å². The van der Waals surface area contributed by atoms with Crippen molar-refractivity contribution in [3.8, 4) is 6.07 Å². The van der Waals surface area contributed by atoms with Gasteiger partial charge in [-0.25, -0.2) is 0 Å². The van der Waals surface area contributed by atoms with Crippen LogP contribution in [0.4, 0.5) is 0 Å². The number of nitrogens with zero attached hydrogens (tertiary/aromatic N) is 2. The zero-order valence-corrected chi connectivity index (χ0v) is 11.1. The maximum Gasteiger partial charge on any atom is 0.0683 e. The van der Waals surface area contributed by atoms with Crippen LogP contribution in [-0.2, 0) is 0 Å². The number of piperidine rings is 1. The van der Waals surface area contributed by atoms with Gasteiger partial charge < -0.3 is 4.90 Å². The van der Waals surface area contributed by atoms with Gasteiger partial charge in [0.15, 0.2) is 0 Å². The molecule has 1 heterocycles. The average molecular weight is 222 g/mol. The first kappa shape index (κ1) is 13.5. The van der Waals surface area contributed by atoms with Gasteiger partial charge in [0.25, 0.3) is 0 Å². The summed E-state index contributed by atoms with van der Waals surface area (Å²) in [6.07, 6.45) is 6.20. The Morgan fingerprint density at radius 3 is 2.44 bits per heavy atom. The van der Waals surface area contributed by atoms with E-state index < -0.39 is 0 Å². The standard InChI is InChI=1S/C14H26N2/c1-13-6-10-16(11-7-13)9-5-4-8-14(2,3)12-15/h13H,4-11H2,1-3H3. The fraction of sp³-hybridized carbons (Fsp3) is 0.929. The zero-order valence-electron chi connectivity index (χ0n) is 11.1. The summed E-state index contributed by atoms with van der Waals surface area (Å²) in [6.45, 7) is 10.2. The van der Waals surface area contributed by atoms with Crippen LogP contribution in [0.2, 0.25) is 0 Å². The van der Waals surface area contributed by atoms with E-state index >= 15 is 0 Å². The van der Waals surface area contributed by atoms with E-state index in [1.54, 1.807) is 0 Å². The fourth-order valence-corrected chi connectivity index (χ4v) is 2.24. The summed E-state index contributed by atoms with van der Waals surface area (Å²) in [6, 6.07) is 2.37. The van der Waals surface area contributed by atoms with Crippen molar-refractivity contribution in [2.75, 3.05) is 19.6 Å². The van der Waals surface area contributed by atoms with Crippen molar-refractivity contribution in [2.24, 2.45) is 11.3 Å². The molecule has 0 bridgehead atoms. The Balaban J connectivity index is 2.06. The molecule has 1 aliphatic rings. The molecule has 0 atom stereocenters. The van der Waals surface area contributed by atoms with Gasteiger partial charge in [-0.3, -0.25) is 0 Å². The highest BCUT2D eigenvalue weighted by atomic mass is 15.1. The van der Waals surface area contributed by atoms with E-state index in [4.69, 9.17) is 5.26 Å². The molecule has 2 heteroatoms. The first-order chi connectivity index (χ1) is 7.53. The Hall–Kier alpha value is -0.550. The molecule has 92 valence electrons. The van der Waals surface area contributed by atoms with E-state index in [1.165, 1.54) is 45.3 Å². The van der Waals surface area contributed by atoms with E-state index in [0.29, 0.717) is 0 Å². The number of hydrogen-bond donors (Lipinski definition) is 0. The van der Waals surface area contributed by atoms with E-state index in [0.717, 1.165) is 12.3 Å². The summed E-state index contributed by atoms with van der Waals surface area (Å²) in [4.78, 5) is 2.58. The van der Waals surface area contributed by atoms with Gasteiger partial charge in [-0.15, -0.1) is 0 Å². The van der Waals surface area contributed by atoms with Crippen molar-refractivity contribution in [2.45, 2.75) is 52.9 Å². The van der Waals surface area contributed by atoms with Crippen LogP contribution < -0.4 is 0 Å². The molecule has 2 nitrogen and oxygen atoms in total. The minimum atomic E-state index is -0.129. The molecule has 0 amide bonds. The Morgan fingerprint density at radius 2 is 1.88 bits per heavy atom. The van der Waals surface area contributed by atoms with E-state index in [-0.39, 0.29) is 5.41 Å². The highest BCUT2D eigenvalue weighted by Gasteiger charge is 2.17. The second-order valence-electron chi connectivity index (χ2n) is 5.98. The van der Waals surface area contributed by atoms with Gasteiger partial charge in [-0.2, -0.15) is 5.26 Å². The molecule has 16 heavy (non-hydrogen) atoms. The molecule has 0 aromatic rings. The molecular formula is C14H26N2. The predicted molar refractivity (Wildman–Crippen MR) is 68.1 cm³/mol. The Morgan fingerprint density at radius 1 is 1.25 bits per heavy atom. The monoisotopic (exact) mass is 222 g/mol. The second kappa shape index (κ2) is 6.25. The molecule has 1 saturated heterocycles. The smallest absolute Gasteiger partial charge is 0.0683 e. The lowest BCUT2D eigenvalue weighted by atomic mass is 9.89. The van der Waals surface area contributed by atoms with Crippen LogP contribution in [0.5, 0.6) is 0 Å². The van der Waals surface area contributed by atoms with Crippen molar-refractivity contribution >= 4 is 0 Å². The third kappa shape index (κ3) is 4.99. The number of rotatable bonds is 5. The van der Waals surface area contributed by atoms with E-state index in [9.17, 15) is 0 Å². The van der Waals surface area contributed by atoms with Gasteiger partial charge in [0.2, 0.25) is 0 Å². The molecule has 0 unspecified atom stereocenters. The first-order valence-corrected chi connectivity index (χ1v) is 6.67. The molecule has 0 N–H and O–H groups in total. The Kier molecular flexibility index (Phi) is 5.28. The fourth-order valence-electron chi connectivity index (χ4n) is 2.24. The van der Waals surface area contributed by atoms with Crippen molar-refractivity contribution in [1.82, 2.24) is 4.90 Å². The summed E-state index contributed by atoms with van der Waals surface area (Å²) in [7, 11) is 0. The highest BCUT2D eigenvalue weighted by Crippen LogP contribution is 2.22. The molecule has 1 aliphatic heterocycles. The van der Waals surface area contributed by atoms with Crippen molar-refractivity contribution in [3.05, 3.63) is 0 Å². The quantitative estimate of drug-likeness (QED) is 0.666. The van der Waals surface area contributed by atoms with Crippen molar-refractivity contribution in [3.63, 3.8) is 0 Å². The molecule has 0 radical (unpaired) electrons. The lowest BCUT2D eigenvalue weighted by molar-refractivity contribution is 0.187. The number of hydrogen-bond acceptors (Lipinski definition) is 2. The van der Waals surface area contributed by atoms with Crippen molar-refractivity contribution in [1.29, 1.82) is 5.26 Å². The van der Waals surface area contributed by atoms with Gasteiger partial charge in [-0.05, 0) is 65.1 Å². The molecular weight excluding hydrogens is 196 g/mol. The molecule has 1 fully saturated rings. The summed E-state index contributed by atoms with van der Waals surface area (Å²) < 4.78 is 0. The molecule has 0 spiro atoms. The maximum atomic E-state index is 8.91. The normalized spacial score (nSPS) is 19.6. The third-order valence-electron chi connectivity index (χ3n) is 3.71. The van der Waals surface area contributed by atoms with Gasteiger partial charge in [0.05, 0.1) is 11.5 Å². The van der Waals surface area contributed by atoms with Crippen LogP contribution >= 0.6 is 0 Å². The number of nitriles is 1. The average Bonchev–Trinajstić information content (AvgIpc) is 2.27. The minimum Gasteiger partial charge on any atom is -0.303 e. The number of unbranched alkanes of at least 4 members (excludes halogenated alkanes) is 1. The third-order valence-corrected chi connectivity index (χ3v) is 3.71. The topological polar surface area (TPSA) is 27.0 Å². The SMILES string of the molecule is CC1CCN(CCCCC(C)(C)C#N)CC1. The van der Waals surface area contributed by atoms with Gasteiger partial charge in [0, 0.05) is 0 Å². The van der Waals surface area contributed by atoms with Crippen molar-refractivity contribution < 1.29 is 0 Å². The Labute approximate surface area is 101 Å². The van der Waals surface area contributed by atoms with E-state index in [2.05, 4.69) is 17.9 Å². The Bertz CT molecular complexity index is 232. The summed E-state index contributed by atoms with van der Waals surface area (Å²) in [5, 5.41) is 8.91. The first-order valence-electron chi connectivity index (χ1n) is 6.67. The van der Waals surface area contributed by atoms with Crippen LogP contribution in [0.25, 0.3) is 0 Å². The second-order valence-corrected chi connectivity index (χ2v) is 5.98. The van der Waals surface area contributed by atoms with Crippen LogP contribution in [-0.4, -0.2) is 24.5 Å². The van der Waals surface area contributed by atoms with E-state index in [1.807, 2.05) is 13.8 Å². The maximum absolute atomic E-state index is 8.91. The minimum absolute atomic E-state index is 0.129. The molecule has 0 aliphatic carbocycles. The van der Waals surface area contributed by atoms with Crippen LogP contribution in [0.3, 0.4) is 0 Å². The summed E-state index contributed by atoms with van der Waals surface area (Å²) in [5.41, 5.74) is -0.129.